The molecule has 3 aromatic carbocycles. The Morgan fingerprint density at radius 1 is 0.941 bits per heavy atom. The lowest BCUT2D eigenvalue weighted by Crippen LogP contribution is -2.20. The molecule has 1 aliphatic heterocycles. The quantitative estimate of drug-likeness (QED) is 0.443. The molecule has 0 bridgehead atoms. The molecule has 0 spiro atoms. The zero-order valence-corrected chi connectivity index (χ0v) is 18.7. The number of hydrogen-bond acceptors (Lipinski definition) is 6. The van der Waals surface area contributed by atoms with Crippen LogP contribution in [0.3, 0.4) is 0 Å². The molecule has 34 heavy (non-hydrogen) atoms. The van der Waals surface area contributed by atoms with Gasteiger partial charge in [0.05, 0.1) is 14.2 Å². The van der Waals surface area contributed by atoms with Crippen LogP contribution in [0, 0.1) is 0 Å². The SMILES string of the molecule is COc1ccc(C(=O)Nc2nc3n(n2)[C@@H](c2ccccc2)C=C(c2ccccc2)N3)cc1OC. The summed E-state index contributed by atoms with van der Waals surface area (Å²) in [5, 5.41) is 10.7. The van der Waals surface area contributed by atoms with Crippen LogP contribution < -0.4 is 20.1 Å². The van der Waals surface area contributed by atoms with Gasteiger partial charge in [-0.15, -0.1) is 5.10 Å². The van der Waals surface area contributed by atoms with Gasteiger partial charge in [-0.3, -0.25) is 10.1 Å². The Hall–Kier alpha value is -4.59. The number of fused-ring (bicyclic) bond motifs is 1. The molecule has 1 amide bonds. The summed E-state index contributed by atoms with van der Waals surface area (Å²) >= 11 is 0. The molecule has 5 rings (SSSR count). The van der Waals surface area contributed by atoms with Crippen LogP contribution in [0.1, 0.15) is 27.5 Å². The number of carbonyl (C=O) groups is 1. The fourth-order valence-corrected chi connectivity index (χ4v) is 3.87. The molecule has 4 aromatic rings. The normalized spacial score (nSPS) is 14.4. The van der Waals surface area contributed by atoms with Gasteiger partial charge in [0.25, 0.3) is 11.9 Å². The molecule has 1 aliphatic rings. The maximum atomic E-state index is 12.9. The van der Waals surface area contributed by atoms with Gasteiger partial charge < -0.3 is 14.8 Å². The lowest BCUT2D eigenvalue weighted by Gasteiger charge is -2.24. The molecule has 0 aliphatic carbocycles. The number of ether oxygens (including phenoxy) is 2. The van der Waals surface area contributed by atoms with Gasteiger partial charge in [-0.2, -0.15) is 4.98 Å². The van der Waals surface area contributed by atoms with Crippen molar-refractivity contribution in [1.82, 2.24) is 14.8 Å². The van der Waals surface area contributed by atoms with Crippen LogP contribution in [0.2, 0.25) is 0 Å². The van der Waals surface area contributed by atoms with Crippen molar-refractivity contribution in [3.63, 3.8) is 0 Å². The van der Waals surface area contributed by atoms with Gasteiger partial charge >= 0.3 is 0 Å². The summed E-state index contributed by atoms with van der Waals surface area (Å²) in [4.78, 5) is 17.5. The molecule has 0 fully saturated rings. The summed E-state index contributed by atoms with van der Waals surface area (Å²) in [6.45, 7) is 0. The average molecular weight is 454 g/mol. The predicted octanol–water partition coefficient (Wildman–Crippen LogP) is 4.60. The average Bonchev–Trinajstić information content (AvgIpc) is 3.30. The summed E-state index contributed by atoms with van der Waals surface area (Å²) < 4.78 is 12.3. The number of methoxy groups -OCH3 is 2. The van der Waals surface area contributed by atoms with Gasteiger partial charge in [-0.1, -0.05) is 60.7 Å². The first-order chi connectivity index (χ1) is 16.7. The van der Waals surface area contributed by atoms with Crippen LogP contribution in [-0.2, 0) is 0 Å². The lowest BCUT2D eigenvalue weighted by atomic mass is 10.0. The summed E-state index contributed by atoms with van der Waals surface area (Å²) in [5.41, 5.74) is 3.42. The van der Waals surface area contributed by atoms with Crippen molar-refractivity contribution in [3.05, 3.63) is 102 Å². The highest BCUT2D eigenvalue weighted by atomic mass is 16.5. The van der Waals surface area contributed by atoms with Crippen molar-refractivity contribution < 1.29 is 14.3 Å². The van der Waals surface area contributed by atoms with E-state index in [1.165, 1.54) is 7.11 Å². The Kier molecular flexibility index (Phi) is 5.70. The Balaban J connectivity index is 1.46. The minimum Gasteiger partial charge on any atom is -0.493 e. The molecular weight excluding hydrogens is 430 g/mol. The van der Waals surface area contributed by atoms with Crippen molar-refractivity contribution in [2.24, 2.45) is 0 Å². The first-order valence-corrected chi connectivity index (χ1v) is 10.8. The Morgan fingerprint density at radius 2 is 1.65 bits per heavy atom. The van der Waals surface area contributed by atoms with E-state index in [2.05, 4.69) is 26.8 Å². The van der Waals surface area contributed by atoms with Crippen LogP contribution in [0.4, 0.5) is 11.9 Å². The van der Waals surface area contributed by atoms with Crippen molar-refractivity contribution in [3.8, 4) is 11.5 Å². The monoisotopic (exact) mass is 453 g/mol. The number of rotatable bonds is 6. The molecule has 8 nitrogen and oxygen atoms in total. The van der Waals surface area contributed by atoms with Gasteiger partial charge in [0.2, 0.25) is 5.95 Å². The van der Waals surface area contributed by atoms with Crippen LogP contribution >= 0.6 is 0 Å². The topological polar surface area (TPSA) is 90.3 Å². The minimum atomic E-state index is -0.351. The Bertz CT molecular complexity index is 1350. The van der Waals surface area contributed by atoms with E-state index >= 15 is 0 Å². The van der Waals surface area contributed by atoms with E-state index in [9.17, 15) is 4.79 Å². The molecule has 2 N–H and O–H groups in total. The molecule has 0 radical (unpaired) electrons. The number of amides is 1. The number of anilines is 2. The number of benzene rings is 3. The number of hydrogen-bond donors (Lipinski definition) is 2. The van der Waals surface area contributed by atoms with E-state index in [0.29, 0.717) is 23.0 Å². The first-order valence-electron chi connectivity index (χ1n) is 10.8. The molecule has 8 heteroatoms. The highest BCUT2D eigenvalue weighted by Crippen LogP contribution is 2.33. The third-order valence-electron chi connectivity index (χ3n) is 5.56. The molecule has 0 saturated carbocycles. The van der Waals surface area contributed by atoms with Crippen LogP contribution in [0.5, 0.6) is 11.5 Å². The highest BCUT2D eigenvalue weighted by Gasteiger charge is 2.26. The third kappa shape index (κ3) is 4.09. The summed E-state index contributed by atoms with van der Waals surface area (Å²) in [5.74, 6) is 1.40. The lowest BCUT2D eigenvalue weighted by molar-refractivity contribution is 0.102. The van der Waals surface area contributed by atoms with Crippen LogP contribution in [0.15, 0.2) is 84.9 Å². The predicted molar refractivity (Wildman–Crippen MR) is 130 cm³/mol. The summed E-state index contributed by atoms with van der Waals surface area (Å²) in [7, 11) is 3.07. The van der Waals surface area contributed by atoms with Crippen molar-refractivity contribution in [2.75, 3.05) is 24.9 Å². The highest BCUT2D eigenvalue weighted by molar-refractivity contribution is 6.03. The number of allylic oxidation sites excluding steroid dienone is 1. The molecule has 170 valence electrons. The van der Waals surface area contributed by atoms with E-state index in [-0.39, 0.29) is 17.9 Å². The molecule has 2 heterocycles. The zero-order chi connectivity index (χ0) is 23.5. The van der Waals surface area contributed by atoms with Crippen LogP contribution in [0.25, 0.3) is 5.70 Å². The van der Waals surface area contributed by atoms with Crippen LogP contribution in [-0.4, -0.2) is 34.9 Å². The number of aromatic nitrogens is 3. The number of nitrogens with zero attached hydrogens (tertiary/aromatic N) is 3. The second kappa shape index (κ2) is 9.11. The van der Waals surface area contributed by atoms with Gasteiger partial charge in [0.15, 0.2) is 11.5 Å². The van der Waals surface area contributed by atoms with E-state index < -0.39 is 0 Å². The molecule has 0 saturated heterocycles. The largest absolute Gasteiger partial charge is 0.493 e. The van der Waals surface area contributed by atoms with Gasteiger partial charge in [-0.25, -0.2) is 4.68 Å². The van der Waals surface area contributed by atoms with E-state index in [0.717, 1.165) is 16.8 Å². The van der Waals surface area contributed by atoms with Crippen molar-refractivity contribution in [1.29, 1.82) is 0 Å². The maximum Gasteiger partial charge on any atom is 0.258 e. The van der Waals surface area contributed by atoms with Crippen molar-refractivity contribution in [2.45, 2.75) is 6.04 Å². The third-order valence-corrected chi connectivity index (χ3v) is 5.56. The maximum absolute atomic E-state index is 12.9. The van der Waals surface area contributed by atoms with E-state index in [4.69, 9.17) is 9.47 Å². The number of nitrogens with one attached hydrogen (secondary N) is 2. The van der Waals surface area contributed by atoms with Gasteiger partial charge in [0, 0.05) is 11.3 Å². The second-order valence-corrected chi connectivity index (χ2v) is 7.65. The van der Waals surface area contributed by atoms with Crippen molar-refractivity contribution >= 4 is 23.5 Å². The van der Waals surface area contributed by atoms with E-state index in [1.54, 1.807) is 30.0 Å². The smallest absolute Gasteiger partial charge is 0.258 e. The zero-order valence-electron chi connectivity index (χ0n) is 18.7. The van der Waals surface area contributed by atoms with E-state index in [1.807, 2.05) is 60.7 Å². The number of carbonyl (C=O) groups excluding carboxylic acids is 1. The van der Waals surface area contributed by atoms with Gasteiger partial charge in [0.1, 0.15) is 6.04 Å². The Labute approximate surface area is 196 Å². The molecule has 1 atom stereocenters. The fraction of sp³-hybridized carbons (Fsp3) is 0.115. The molecular formula is C26H23N5O3. The molecule has 0 unspecified atom stereocenters. The summed E-state index contributed by atoms with van der Waals surface area (Å²) in [6.07, 6.45) is 2.10. The van der Waals surface area contributed by atoms with Gasteiger partial charge in [-0.05, 0) is 35.4 Å². The standard InChI is InChI=1S/C26H23N5O3/c1-33-22-14-13-19(15-23(22)34-2)24(32)28-25-29-26-27-20(17-9-5-3-6-10-17)16-21(31(26)30-25)18-11-7-4-8-12-18/h3-16,21H,1-2H3,(H2,27,28,29,30,32)/t21-/m1/s1. The minimum absolute atomic E-state index is 0.188. The second-order valence-electron chi connectivity index (χ2n) is 7.65. The summed E-state index contributed by atoms with van der Waals surface area (Å²) in [6, 6.07) is 24.8. The molecule has 1 aromatic heterocycles. The fourth-order valence-electron chi connectivity index (χ4n) is 3.87. The Morgan fingerprint density at radius 3 is 2.35 bits per heavy atom. The first kappa shape index (κ1) is 21.3.